The number of esters is 1. The molecule has 1 saturated carbocycles. The second-order valence-electron chi connectivity index (χ2n) is 11.1. The Morgan fingerprint density at radius 2 is 2.00 bits per heavy atom. The number of carbonyl (C=O) groups is 1. The Kier molecular flexibility index (Phi) is 8.70. The van der Waals surface area contributed by atoms with Crippen LogP contribution < -0.4 is 20.7 Å². The summed E-state index contributed by atoms with van der Waals surface area (Å²) >= 11 is 0. The van der Waals surface area contributed by atoms with Gasteiger partial charge in [-0.25, -0.2) is 13.9 Å². The van der Waals surface area contributed by atoms with Crippen molar-refractivity contribution >= 4 is 36.6 Å². The lowest BCUT2D eigenvalue weighted by Gasteiger charge is -2.27. The van der Waals surface area contributed by atoms with E-state index in [1.165, 1.54) is 13.3 Å². The molecule has 0 amide bonds. The van der Waals surface area contributed by atoms with Crippen LogP contribution in [0.2, 0.25) is 0 Å². The van der Waals surface area contributed by atoms with Crippen molar-refractivity contribution in [2.75, 3.05) is 17.7 Å². The number of nitrogen functional groups attached to an aromatic ring is 1. The average Bonchev–Trinajstić information content (AvgIpc) is 3.45. The lowest BCUT2D eigenvalue weighted by atomic mass is 9.93. The molecular weight excluding hydrogens is 568 g/mol. The highest BCUT2D eigenvalue weighted by molar-refractivity contribution is 7.52. The zero-order valence-electron chi connectivity index (χ0n) is 24.0. The summed E-state index contributed by atoms with van der Waals surface area (Å²) in [5.74, 6) is -2.56. The maximum Gasteiger partial charge on any atom is 0.459 e. The molecule has 2 aromatic heterocycles. The molecule has 1 aromatic carbocycles. The van der Waals surface area contributed by atoms with E-state index in [0.717, 1.165) is 19.3 Å². The number of rotatable bonds is 12. The third kappa shape index (κ3) is 6.83. The van der Waals surface area contributed by atoms with Gasteiger partial charge < -0.3 is 25.0 Å². The van der Waals surface area contributed by atoms with Gasteiger partial charge in [-0.15, -0.1) is 0 Å². The summed E-state index contributed by atoms with van der Waals surface area (Å²) in [4.78, 5) is 25.5. The van der Waals surface area contributed by atoms with E-state index in [2.05, 4.69) is 25.4 Å². The third-order valence-corrected chi connectivity index (χ3v) is 8.70. The highest BCUT2D eigenvalue weighted by Gasteiger charge is 2.49. The van der Waals surface area contributed by atoms with Gasteiger partial charge in [0.15, 0.2) is 17.0 Å². The van der Waals surface area contributed by atoms with Crippen LogP contribution in [0.4, 0.5) is 16.2 Å². The third-order valence-electron chi connectivity index (χ3n) is 7.08. The van der Waals surface area contributed by atoms with Gasteiger partial charge in [0, 0.05) is 18.4 Å². The Balaban J connectivity index is 1.33. The van der Waals surface area contributed by atoms with Gasteiger partial charge in [0.25, 0.3) is 0 Å². The molecule has 1 aliphatic heterocycles. The first-order valence-corrected chi connectivity index (χ1v) is 15.6. The average molecular weight is 606 g/mol. The van der Waals surface area contributed by atoms with Crippen molar-refractivity contribution in [1.29, 1.82) is 0 Å². The number of carbonyl (C=O) groups excluding carboxylic acids is 1. The number of anilines is 2. The van der Waals surface area contributed by atoms with E-state index >= 15 is 4.39 Å². The number of nitrogens with one attached hydrogen (secondary N) is 2. The molecule has 2 fully saturated rings. The van der Waals surface area contributed by atoms with Crippen LogP contribution >= 0.6 is 7.75 Å². The van der Waals surface area contributed by atoms with Crippen LogP contribution in [0.15, 0.2) is 36.7 Å². The molecule has 0 radical (unpaired) electrons. The van der Waals surface area contributed by atoms with Gasteiger partial charge in [-0.05, 0) is 52.2 Å². The summed E-state index contributed by atoms with van der Waals surface area (Å²) < 4.78 is 53.9. The van der Waals surface area contributed by atoms with E-state index < -0.39 is 38.4 Å². The van der Waals surface area contributed by atoms with E-state index in [-0.39, 0.29) is 30.1 Å². The fourth-order valence-electron chi connectivity index (χ4n) is 4.87. The van der Waals surface area contributed by atoms with Crippen molar-refractivity contribution in [3.05, 3.63) is 36.7 Å². The minimum atomic E-state index is -4.29. The molecular formula is C27H37FN7O6P. The van der Waals surface area contributed by atoms with Crippen molar-refractivity contribution in [3.8, 4) is 5.75 Å². The number of benzene rings is 1. The summed E-state index contributed by atoms with van der Waals surface area (Å²) in [6.07, 6.45) is 3.45. The second kappa shape index (κ2) is 12.1. The van der Waals surface area contributed by atoms with Gasteiger partial charge in [-0.2, -0.15) is 15.1 Å². The first-order chi connectivity index (χ1) is 19.9. The molecule has 5 atom stereocenters. The number of para-hydroxylation sites is 1. The Morgan fingerprint density at radius 3 is 2.67 bits per heavy atom. The number of nitrogens with zero attached hydrogens (tertiary/aromatic N) is 4. The summed E-state index contributed by atoms with van der Waals surface area (Å²) in [6.45, 7) is 5.92. The normalized spacial score (nSPS) is 24.7. The maximum atomic E-state index is 16.2. The van der Waals surface area contributed by atoms with Crippen LogP contribution in [0.1, 0.15) is 59.6 Å². The molecule has 2 aliphatic rings. The van der Waals surface area contributed by atoms with Crippen LogP contribution in [0.3, 0.4) is 0 Å². The number of hydrogen-bond donors (Lipinski definition) is 3. The van der Waals surface area contributed by atoms with Crippen molar-refractivity contribution in [2.45, 2.75) is 83.6 Å². The Labute approximate surface area is 243 Å². The van der Waals surface area contributed by atoms with Gasteiger partial charge in [-0.1, -0.05) is 25.1 Å². The van der Waals surface area contributed by atoms with Gasteiger partial charge in [0.1, 0.15) is 24.6 Å². The summed E-state index contributed by atoms with van der Waals surface area (Å²) in [5, 5.41) is 5.92. The van der Waals surface area contributed by atoms with Crippen LogP contribution in [0, 0.1) is 5.92 Å². The number of ether oxygens (including phenoxy) is 2. The maximum absolute atomic E-state index is 16.2. The second-order valence-corrected chi connectivity index (χ2v) is 12.8. The van der Waals surface area contributed by atoms with Crippen LogP contribution in [-0.4, -0.2) is 56.1 Å². The predicted molar refractivity (Wildman–Crippen MR) is 153 cm³/mol. The predicted octanol–water partition coefficient (Wildman–Crippen LogP) is 4.73. The van der Waals surface area contributed by atoms with E-state index in [1.807, 2.05) is 6.92 Å². The van der Waals surface area contributed by atoms with Gasteiger partial charge in [0.05, 0.1) is 12.4 Å². The van der Waals surface area contributed by atoms with Crippen molar-refractivity contribution in [3.63, 3.8) is 0 Å². The van der Waals surface area contributed by atoms with Crippen LogP contribution in [-0.2, 0) is 23.4 Å². The molecule has 1 unspecified atom stereocenters. The Hall–Kier alpha value is -3.32. The summed E-state index contributed by atoms with van der Waals surface area (Å²) in [7, 11) is -4.29. The largest absolute Gasteiger partial charge is 0.462 e. The molecule has 42 heavy (non-hydrogen) atoms. The van der Waals surface area contributed by atoms with Crippen molar-refractivity contribution in [1.82, 2.24) is 24.6 Å². The van der Waals surface area contributed by atoms with Gasteiger partial charge in [-0.3, -0.25) is 13.9 Å². The number of halogens is 1. The number of aromatic nitrogens is 4. The van der Waals surface area contributed by atoms with Crippen LogP contribution in [0.5, 0.6) is 5.75 Å². The number of imidazole rings is 1. The SMILES string of the molecule is CC(C)OC(=O)[C@H](C)NP(=O)(OC[C@]1(F)C[C@H](C)[C@H](n2cnc3c(NC4CCC4)nc(N)nc32)O1)Oc1ccccc1. The first kappa shape index (κ1) is 30.1. The number of nitrogens with two attached hydrogens (primary N) is 1. The zero-order valence-corrected chi connectivity index (χ0v) is 24.9. The smallest absolute Gasteiger partial charge is 0.459 e. The zero-order chi connectivity index (χ0) is 30.1. The summed E-state index contributed by atoms with van der Waals surface area (Å²) in [5.41, 5.74) is 6.91. The molecule has 1 aliphatic carbocycles. The van der Waals surface area contributed by atoms with E-state index in [1.54, 1.807) is 48.7 Å². The highest BCUT2D eigenvalue weighted by atomic mass is 31.2. The number of fused-ring (bicyclic) bond motifs is 1. The molecule has 3 aromatic rings. The fraction of sp³-hybridized carbons (Fsp3) is 0.556. The molecule has 3 heterocycles. The standard InChI is InChI=1S/C27H37FN7O6P/c1-16(2)39-25(36)18(4)34-42(37,41-20-11-6-5-7-12-20)38-14-27(28)13-17(3)24(40-27)35-15-30-21-22(31-19-9-8-10-19)32-26(29)33-23(21)35/h5-7,11-12,15-19,24H,8-10,13-14H2,1-4H3,(H,34,37)(H3,29,31,32,33)/t17-,18-,24+,27-,42?/m0/s1. The van der Waals surface area contributed by atoms with Crippen LogP contribution in [0.25, 0.3) is 11.2 Å². The van der Waals surface area contributed by atoms with E-state index in [0.29, 0.717) is 23.0 Å². The molecule has 0 spiro atoms. The van der Waals surface area contributed by atoms with Gasteiger partial charge in [0.2, 0.25) is 11.8 Å². The lowest BCUT2D eigenvalue weighted by Crippen LogP contribution is -2.37. The minimum absolute atomic E-state index is 0.0572. The first-order valence-electron chi connectivity index (χ1n) is 14.0. The van der Waals surface area contributed by atoms with Gasteiger partial charge >= 0.3 is 13.7 Å². The number of alkyl halides is 1. The topological polar surface area (TPSA) is 165 Å². The van der Waals surface area contributed by atoms with Crippen molar-refractivity contribution < 1.29 is 32.3 Å². The quantitative estimate of drug-likeness (QED) is 0.192. The number of hydrogen-bond acceptors (Lipinski definition) is 11. The Morgan fingerprint density at radius 1 is 1.26 bits per heavy atom. The summed E-state index contributed by atoms with van der Waals surface area (Å²) in [6, 6.07) is 7.47. The van der Waals surface area contributed by atoms with Crippen molar-refractivity contribution in [2.24, 2.45) is 5.92 Å². The molecule has 5 rings (SSSR count). The molecule has 4 N–H and O–H groups in total. The molecule has 13 nitrogen and oxygen atoms in total. The molecule has 0 bridgehead atoms. The monoisotopic (exact) mass is 605 g/mol. The minimum Gasteiger partial charge on any atom is -0.462 e. The van der Waals surface area contributed by atoms with E-state index in [9.17, 15) is 9.36 Å². The Bertz CT molecular complexity index is 1460. The highest BCUT2D eigenvalue weighted by Crippen LogP contribution is 2.49. The molecule has 1 saturated heterocycles. The molecule has 228 valence electrons. The fourth-order valence-corrected chi connectivity index (χ4v) is 6.39. The van der Waals surface area contributed by atoms with E-state index in [4.69, 9.17) is 24.3 Å². The lowest BCUT2D eigenvalue weighted by molar-refractivity contribution is -0.173. The molecule has 15 heteroatoms.